The Bertz CT molecular complexity index is 243. The van der Waals surface area contributed by atoms with Gasteiger partial charge in [-0.05, 0) is 25.7 Å². The van der Waals surface area contributed by atoms with Crippen LogP contribution < -0.4 is 0 Å². The number of allylic oxidation sites excluding steroid dienone is 7. The first kappa shape index (κ1) is 17.0. The lowest BCUT2D eigenvalue weighted by molar-refractivity contribution is 0.611. The molecule has 0 rings (SSSR count). The van der Waals surface area contributed by atoms with Crippen molar-refractivity contribution in [2.75, 3.05) is 0 Å². The Hall–Kier alpha value is -1.04. The van der Waals surface area contributed by atoms with E-state index < -0.39 is 0 Å². The standard InChI is InChI=1S/C18H30/c1-3-5-7-9-11-13-15-17-18-16-14-12-10-8-6-4-2/h3,5,7,13,15,17-18H,1,4,6,8-12,14,16H2,2H3. The minimum atomic E-state index is 1.10. The van der Waals surface area contributed by atoms with Crippen molar-refractivity contribution in [3.63, 3.8) is 0 Å². The Morgan fingerprint density at radius 3 is 1.89 bits per heavy atom. The van der Waals surface area contributed by atoms with Crippen molar-refractivity contribution < 1.29 is 0 Å². The van der Waals surface area contributed by atoms with Crippen LogP contribution in [0.4, 0.5) is 0 Å². The van der Waals surface area contributed by atoms with Gasteiger partial charge in [0.15, 0.2) is 0 Å². The fraction of sp³-hybridized carbons (Fsp3) is 0.556. The molecule has 0 fully saturated rings. The molecule has 0 aliphatic heterocycles. The maximum absolute atomic E-state index is 3.64. The van der Waals surface area contributed by atoms with E-state index in [-0.39, 0.29) is 0 Å². The van der Waals surface area contributed by atoms with Crippen LogP contribution in [0.5, 0.6) is 0 Å². The van der Waals surface area contributed by atoms with Crippen LogP contribution in [0.2, 0.25) is 0 Å². The maximum atomic E-state index is 3.64. The minimum Gasteiger partial charge on any atom is -0.0991 e. The Kier molecular flexibility index (Phi) is 15.0. The van der Waals surface area contributed by atoms with Gasteiger partial charge in [0.25, 0.3) is 0 Å². The van der Waals surface area contributed by atoms with Gasteiger partial charge in [0, 0.05) is 0 Å². The van der Waals surface area contributed by atoms with Crippen LogP contribution in [-0.4, -0.2) is 0 Å². The number of rotatable bonds is 12. The highest BCUT2D eigenvalue weighted by molar-refractivity contribution is 5.03. The van der Waals surface area contributed by atoms with Gasteiger partial charge in [-0.25, -0.2) is 0 Å². The molecular formula is C18H30. The molecule has 0 aliphatic rings. The molecule has 0 aromatic carbocycles. The van der Waals surface area contributed by atoms with Crippen LogP contribution in [0.15, 0.2) is 49.1 Å². The number of unbranched alkanes of at least 4 members (excludes halogenated alkanes) is 7. The topological polar surface area (TPSA) is 0 Å². The molecule has 0 N–H and O–H groups in total. The molecule has 0 radical (unpaired) electrons. The smallest absolute Gasteiger partial charge is 0.0313 e. The molecule has 0 saturated heterocycles. The van der Waals surface area contributed by atoms with E-state index in [1.807, 2.05) is 12.2 Å². The van der Waals surface area contributed by atoms with Crippen LogP contribution in [0.3, 0.4) is 0 Å². The first-order chi connectivity index (χ1) is 8.91. The molecule has 0 heteroatoms. The first-order valence-corrected chi connectivity index (χ1v) is 7.51. The summed E-state index contributed by atoms with van der Waals surface area (Å²) in [5, 5.41) is 0. The lowest BCUT2D eigenvalue weighted by atomic mass is 10.1. The second-order valence-electron chi connectivity index (χ2n) is 4.65. The molecule has 0 aromatic heterocycles. The van der Waals surface area contributed by atoms with Gasteiger partial charge >= 0.3 is 0 Å². The van der Waals surface area contributed by atoms with Crippen LogP contribution in [0, 0.1) is 0 Å². The molecule has 0 spiro atoms. The Morgan fingerprint density at radius 2 is 1.22 bits per heavy atom. The van der Waals surface area contributed by atoms with Crippen molar-refractivity contribution in [2.45, 2.75) is 64.7 Å². The fourth-order valence-corrected chi connectivity index (χ4v) is 1.78. The zero-order chi connectivity index (χ0) is 13.3. The highest BCUT2D eigenvalue weighted by atomic mass is 13.9. The molecule has 0 aliphatic carbocycles. The van der Waals surface area contributed by atoms with Crippen LogP contribution in [0.25, 0.3) is 0 Å². The predicted molar refractivity (Wildman–Crippen MR) is 84.8 cm³/mol. The summed E-state index contributed by atoms with van der Waals surface area (Å²) < 4.78 is 0. The number of hydrogen-bond donors (Lipinski definition) is 0. The number of hydrogen-bond acceptors (Lipinski definition) is 0. The summed E-state index contributed by atoms with van der Waals surface area (Å²) >= 11 is 0. The monoisotopic (exact) mass is 246 g/mol. The van der Waals surface area contributed by atoms with Crippen molar-refractivity contribution in [1.82, 2.24) is 0 Å². The summed E-state index contributed by atoms with van der Waals surface area (Å²) in [5.41, 5.74) is 0. The van der Waals surface area contributed by atoms with Crippen molar-refractivity contribution in [1.29, 1.82) is 0 Å². The largest absolute Gasteiger partial charge is 0.0991 e. The van der Waals surface area contributed by atoms with Crippen molar-refractivity contribution in [3.8, 4) is 0 Å². The minimum absolute atomic E-state index is 1.10. The molecular weight excluding hydrogens is 216 g/mol. The van der Waals surface area contributed by atoms with Crippen molar-refractivity contribution in [3.05, 3.63) is 49.1 Å². The zero-order valence-corrected chi connectivity index (χ0v) is 12.1. The third kappa shape index (κ3) is 15.0. The summed E-state index contributed by atoms with van der Waals surface area (Å²) in [6, 6.07) is 0. The average molecular weight is 246 g/mol. The third-order valence-electron chi connectivity index (χ3n) is 2.88. The van der Waals surface area contributed by atoms with E-state index >= 15 is 0 Å². The quantitative estimate of drug-likeness (QED) is 0.277. The Balaban J connectivity index is 3.24. The van der Waals surface area contributed by atoms with Crippen LogP contribution in [0.1, 0.15) is 64.7 Å². The van der Waals surface area contributed by atoms with Crippen molar-refractivity contribution >= 4 is 0 Å². The summed E-state index contributed by atoms with van der Waals surface area (Å²) in [6.07, 6.45) is 26.6. The van der Waals surface area contributed by atoms with Crippen LogP contribution in [-0.2, 0) is 0 Å². The summed E-state index contributed by atoms with van der Waals surface area (Å²) in [5.74, 6) is 0. The van der Waals surface area contributed by atoms with E-state index in [1.165, 1.54) is 44.9 Å². The molecule has 0 unspecified atom stereocenters. The van der Waals surface area contributed by atoms with Crippen molar-refractivity contribution in [2.24, 2.45) is 0 Å². The Labute approximate surface area is 114 Å². The van der Waals surface area contributed by atoms with Gasteiger partial charge in [-0.1, -0.05) is 88.1 Å². The second kappa shape index (κ2) is 16.0. The fourth-order valence-electron chi connectivity index (χ4n) is 1.78. The van der Waals surface area contributed by atoms with Gasteiger partial charge in [-0.15, -0.1) is 0 Å². The van der Waals surface area contributed by atoms with Gasteiger partial charge < -0.3 is 0 Å². The maximum Gasteiger partial charge on any atom is -0.0313 e. The molecule has 0 heterocycles. The van der Waals surface area contributed by atoms with E-state index in [1.54, 1.807) is 0 Å². The van der Waals surface area contributed by atoms with Gasteiger partial charge in [0.1, 0.15) is 0 Å². The molecule has 0 bridgehead atoms. The predicted octanol–water partition coefficient (Wildman–Crippen LogP) is 6.37. The molecule has 18 heavy (non-hydrogen) atoms. The van der Waals surface area contributed by atoms with Gasteiger partial charge in [0.05, 0.1) is 0 Å². The van der Waals surface area contributed by atoms with E-state index in [2.05, 4.69) is 43.9 Å². The summed E-state index contributed by atoms with van der Waals surface area (Å²) in [4.78, 5) is 0. The molecule has 0 nitrogen and oxygen atoms in total. The molecule has 102 valence electrons. The molecule has 0 aromatic rings. The highest BCUT2D eigenvalue weighted by Crippen LogP contribution is 2.07. The van der Waals surface area contributed by atoms with E-state index in [0.29, 0.717) is 0 Å². The summed E-state index contributed by atoms with van der Waals surface area (Å²) in [7, 11) is 0. The first-order valence-electron chi connectivity index (χ1n) is 7.51. The normalized spacial score (nSPS) is 12.1. The zero-order valence-electron chi connectivity index (χ0n) is 12.1. The second-order valence-corrected chi connectivity index (χ2v) is 4.65. The SMILES string of the molecule is C=CC=CCCC=CC=CCCCCCCCC. The molecule has 0 amide bonds. The van der Waals surface area contributed by atoms with Gasteiger partial charge in [0.2, 0.25) is 0 Å². The van der Waals surface area contributed by atoms with E-state index in [0.717, 1.165) is 12.8 Å². The molecule has 0 saturated carbocycles. The summed E-state index contributed by atoms with van der Waals surface area (Å²) in [6.45, 7) is 5.91. The van der Waals surface area contributed by atoms with E-state index in [4.69, 9.17) is 0 Å². The van der Waals surface area contributed by atoms with E-state index in [9.17, 15) is 0 Å². The molecule has 0 atom stereocenters. The van der Waals surface area contributed by atoms with Gasteiger partial charge in [-0.2, -0.15) is 0 Å². The lowest BCUT2D eigenvalue weighted by Crippen LogP contribution is -1.77. The lowest BCUT2D eigenvalue weighted by Gasteiger charge is -1.97. The highest BCUT2D eigenvalue weighted by Gasteiger charge is 1.87. The van der Waals surface area contributed by atoms with Crippen LogP contribution >= 0.6 is 0 Å². The average Bonchev–Trinajstić information content (AvgIpc) is 2.39. The third-order valence-corrected chi connectivity index (χ3v) is 2.88. The Morgan fingerprint density at radius 1 is 0.667 bits per heavy atom. The van der Waals surface area contributed by atoms with Gasteiger partial charge in [-0.3, -0.25) is 0 Å².